The maximum atomic E-state index is 12.1. The zero-order valence-electron chi connectivity index (χ0n) is 10.6. The number of nitrogens with one attached hydrogen (secondary N) is 1. The summed E-state index contributed by atoms with van der Waals surface area (Å²) in [7, 11) is 0. The van der Waals surface area contributed by atoms with Crippen LogP contribution in [-0.4, -0.2) is 16.1 Å². The molecule has 3 N–H and O–H groups in total. The Kier molecular flexibility index (Phi) is 4.99. The summed E-state index contributed by atoms with van der Waals surface area (Å²) in [6.45, 7) is 3.50. The Hall–Kier alpha value is -1.50. The largest absolute Gasteiger partial charge is 0.314 e. The molecule has 0 aliphatic rings. The molecule has 0 saturated carbocycles. The molecule has 19 heavy (non-hydrogen) atoms. The van der Waals surface area contributed by atoms with Gasteiger partial charge in [-0.2, -0.15) is 0 Å². The van der Waals surface area contributed by atoms with Crippen molar-refractivity contribution in [1.82, 2.24) is 10.2 Å². The quantitative estimate of drug-likeness (QED) is 0.909. The van der Waals surface area contributed by atoms with Gasteiger partial charge in [0, 0.05) is 0 Å². The monoisotopic (exact) mass is 298 g/mol. The minimum absolute atomic E-state index is 0. The first-order valence-corrected chi connectivity index (χ1v) is 6.28. The van der Waals surface area contributed by atoms with E-state index >= 15 is 0 Å². The second-order valence-electron chi connectivity index (χ2n) is 4.15. The number of carbonyl (C=O) groups excluding carboxylic acids is 1. The SMILES string of the molecule is Cc1nnc(NC(=O)C(C)(N)c2ccccc2)s1.Cl. The third-order valence-electron chi connectivity index (χ3n) is 2.59. The predicted octanol–water partition coefficient (Wildman–Crippen LogP) is 2.08. The van der Waals surface area contributed by atoms with Gasteiger partial charge in [0.25, 0.3) is 5.91 Å². The third kappa shape index (κ3) is 3.50. The molecule has 2 aromatic rings. The molecule has 1 atom stereocenters. The van der Waals surface area contributed by atoms with Crippen LogP contribution in [0.5, 0.6) is 0 Å². The van der Waals surface area contributed by atoms with Gasteiger partial charge in [0.2, 0.25) is 5.13 Å². The summed E-state index contributed by atoms with van der Waals surface area (Å²) in [5.41, 5.74) is 5.74. The lowest BCUT2D eigenvalue weighted by molar-refractivity contribution is -0.120. The molecule has 0 aliphatic carbocycles. The number of hydrogen-bond donors (Lipinski definition) is 2. The van der Waals surface area contributed by atoms with Crippen molar-refractivity contribution in [2.45, 2.75) is 19.4 Å². The fourth-order valence-corrected chi connectivity index (χ4v) is 2.08. The number of benzene rings is 1. The van der Waals surface area contributed by atoms with Crippen molar-refractivity contribution >= 4 is 34.8 Å². The van der Waals surface area contributed by atoms with Crippen LogP contribution in [0.3, 0.4) is 0 Å². The van der Waals surface area contributed by atoms with E-state index in [1.807, 2.05) is 37.3 Å². The van der Waals surface area contributed by atoms with Crippen LogP contribution in [0.1, 0.15) is 17.5 Å². The lowest BCUT2D eigenvalue weighted by Gasteiger charge is -2.23. The van der Waals surface area contributed by atoms with Crippen molar-refractivity contribution in [2.75, 3.05) is 5.32 Å². The fraction of sp³-hybridized carbons (Fsp3) is 0.250. The van der Waals surface area contributed by atoms with E-state index in [4.69, 9.17) is 5.73 Å². The molecule has 0 bridgehead atoms. The number of hydrogen-bond acceptors (Lipinski definition) is 5. The van der Waals surface area contributed by atoms with E-state index in [0.29, 0.717) is 5.13 Å². The molecule has 2 rings (SSSR count). The average molecular weight is 299 g/mol. The first kappa shape index (κ1) is 15.6. The number of rotatable bonds is 3. The van der Waals surface area contributed by atoms with E-state index in [0.717, 1.165) is 10.6 Å². The van der Waals surface area contributed by atoms with E-state index in [9.17, 15) is 4.79 Å². The van der Waals surface area contributed by atoms with Crippen molar-refractivity contribution in [3.63, 3.8) is 0 Å². The first-order chi connectivity index (χ1) is 8.50. The second-order valence-corrected chi connectivity index (χ2v) is 5.33. The topological polar surface area (TPSA) is 80.9 Å². The molecule has 1 amide bonds. The third-order valence-corrected chi connectivity index (χ3v) is 3.35. The molecule has 102 valence electrons. The zero-order chi connectivity index (χ0) is 13.2. The van der Waals surface area contributed by atoms with Gasteiger partial charge >= 0.3 is 0 Å². The van der Waals surface area contributed by atoms with Crippen molar-refractivity contribution in [3.05, 3.63) is 40.9 Å². The van der Waals surface area contributed by atoms with Gasteiger partial charge in [-0.1, -0.05) is 41.7 Å². The maximum Gasteiger partial charge on any atom is 0.250 e. The minimum atomic E-state index is -1.10. The van der Waals surface area contributed by atoms with Crippen molar-refractivity contribution < 1.29 is 4.79 Å². The number of halogens is 1. The summed E-state index contributed by atoms with van der Waals surface area (Å²) in [5, 5.41) is 11.6. The fourth-order valence-electron chi connectivity index (χ4n) is 1.49. The van der Waals surface area contributed by atoms with E-state index in [1.54, 1.807) is 6.92 Å². The summed E-state index contributed by atoms with van der Waals surface area (Å²) in [5.74, 6) is -0.301. The summed E-state index contributed by atoms with van der Waals surface area (Å²) in [6, 6.07) is 9.23. The molecule has 0 spiro atoms. The molecule has 1 heterocycles. The number of carbonyl (C=O) groups is 1. The molecule has 7 heteroatoms. The maximum absolute atomic E-state index is 12.1. The van der Waals surface area contributed by atoms with Gasteiger partial charge in [0.1, 0.15) is 10.5 Å². The Balaban J connectivity index is 0.00000180. The van der Waals surface area contributed by atoms with Crippen LogP contribution in [0.15, 0.2) is 30.3 Å². The number of amides is 1. The summed E-state index contributed by atoms with van der Waals surface area (Å²) in [6.07, 6.45) is 0. The Morgan fingerprint density at radius 2 is 1.95 bits per heavy atom. The van der Waals surface area contributed by atoms with Crippen LogP contribution in [0.2, 0.25) is 0 Å². The Morgan fingerprint density at radius 3 is 2.47 bits per heavy atom. The molecular weight excluding hydrogens is 284 g/mol. The summed E-state index contributed by atoms with van der Waals surface area (Å²) >= 11 is 1.32. The highest BCUT2D eigenvalue weighted by atomic mass is 35.5. The number of aryl methyl sites for hydroxylation is 1. The van der Waals surface area contributed by atoms with Crippen molar-refractivity contribution in [3.8, 4) is 0 Å². The molecule has 0 aliphatic heterocycles. The van der Waals surface area contributed by atoms with Crippen LogP contribution in [0, 0.1) is 6.92 Å². The van der Waals surface area contributed by atoms with E-state index in [1.165, 1.54) is 11.3 Å². The van der Waals surface area contributed by atoms with E-state index in [2.05, 4.69) is 15.5 Å². The molecule has 1 aromatic heterocycles. The molecule has 0 fully saturated rings. The molecule has 0 radical (unpaired) electrons. The molecule has 5 nitrogen and oxygen atoms in total. The van der Waals surface area contributed by atoms with Crippen molar-refractivity contribution in [1.29, 1.82) is 0 Å². The Labute approximate surface area is 121 Å². The normalized spacial score (nSPS) is 13.2. The highest BCUT2D eigenvalue weighted by molar-refractivity contribution is 7.15. The molecule has 0 saturated heterocycles. The Bertz CT molecular complexity index is 556. The van der Waals surface area contributed by atoms with Gasteiger partial charge in [-0.15, -0.1) is 22.6 Å². The highest BCUT2D eigenvalue weighted by Crippen LogP contribution is 2.21. The molecule has 1 aromatic carbocycles. The first-order valence-electron chi connectivity index (χ1n) is 5.46. The molecular formula is C12H15ClN4OS. The predicted molar refractivity (Wildman–Crippen MR) is 78.5 cm³/mol. The number of aromatic nitrogens is 2. The van der Waals surface area contributed by atoms with E-state index in [-0.39, 0.29) is 18.3 Å². The van der Waals surface area contributed by atoms with Crippen molar-refractivity contribution in [2.24, 2.45) is 5.73 Å². The highest BCUT2D eigenvalue weighted by Gasteiger charge is 2.30. The van der Waals surface area contributed by atoms with Crippen LogP contribution in [0.4, 0.5) is 5.13 Å². The number of nitrogens with zero attached hydrogens (tertiary/aromatic N) is 2. The second kappa shape index (κ2) is 6.10. The summed E-state index contributed by atoms with van der Waals surface area (Å²) in [4.78, 5) is 12.1. The van der Waals surface area contributed by atoms with Gasteiger partial charge in [0.15, 0.2) is 0 Å². The van der Waals surface area contributed by atoms with Crippen LogP contribution < -0.4 is 11.1 Å². The molecule has 1 unspecified atom stereocenters. The zero-order valence-corrected chi connectivity index (χ0v) is 12.2. The number of nitrogens with two attached hydrogens (primary N) is 1. The standard InChI is InChI=1S/C12H14N4OS.ClH/c1-8-15-16-11(18-8)14-10(17)12(2,13)9-6-4-3-5-7-9;/h3-7H,13H2,1-2H3,(H,14,16,17);1H. The van der Waals surface area contributed by atoms with Crippen LogP contribution in [-0.2, 0) is 10.3 Å². The van der Waals surface area contributed by atoms with Crippen LogP contribution in [0.25, 0.3) is 0 Å². The lowest BCUT2D eigenvalue weighted by atomic mass is 9.92. The van der Waals surface area contributed by atoms with Gasteiger partial charge in [-0.3, -0.25) is 10.1 Å². The van der Waals surface area contributed by atoms with Gasteiger partial charge in [-0.05, 0) is 19.4 Å². The average Bonchev–Trinajstić information content (AvgIpc) is 2.76. The van der Waals surface area contributed by atoms with E-state index < -0.39 is 5.54 Å². The Morgan fingerprint density at radius 1 is 1.32 bits per heavy atom. The summed E-state index contributed by atoms with van der Waals surface area (Å²) < 4.78 is 0. The number of anilines is 1. The van der Waals surface area contributed by atoms with Gasteiger partial charge < -0.3 is 5.73 Å². The smallest absolute Gasteiger partial charge is 0.250 e. The van der Waals surface area contributed by atoms with Gasteiger partial charge in [-0.25, -0.2) is 0 Å². The van der Waals surface area contributed by atoms with Crippen LogP contribution >= 0.6 is 23.7 Å². The lowest BCUT2D eigenvalue weighted by Crippen LogP contribution is -2.45. The minimum Gasteiger partial charge on any atom is -0.314 e. The van der Waals surface area contributed by atoms with Gasteiger partial charge in [0.05, 0.1) is 0 Å².